The minimum atomic E-state index is -4.50. The van der Waals surface area contributed by atoms with Gasteiger partial charge in [0.2, 0.25) is 11.9 Å². The van der Waals surface area contributed by atoms with Crippen molar-refractivity contribution in [3.63, 3.8) is 0 Å². The minimum absolute atomic E-state index is 0. The number of alkyl halides is 3. The van der Waals surface area contributed by atoms with Crippen LogP contribution in [0.2, 0.25) is 0 Å². The van der Waals surface area contributed by atoms with Crippen LogP contribution in [0.1, 0.15) is 18.3 Å². The third-order valence-corrected chi connectivity index (χ3v) is 3.40. The number of hydrogen-bond acceptors (Lipinski definition) is 5. The first-order valence-electron chi connectivity index (χ1n) is 6.90. The van der Waals surface area contributed by atoms with E-state index in [1.807, 2.05) is 0 Å². The fraction of sp³-hybridized carbons (Fsp3) is 0.615. The fourth-order valence-corrected chi connectivity index (χ4v) is 2.25. The second-order valence-electron chi connectivity index (χ2n) is 5.29. The Morgan fingerprint density at radius 3 is 2.30 bits per heavy atom. The number of anilines is 1. The third kappa shape index (κ3) is 4.68. The Bertz CT molecular complexity index is 559. The van der Waals surface area contributed by atoms with E-state index >= 15 is 0 Å². The van der Waals surface area contributed by atoms with Gasteiger partial charge in [-0.15, -0.1) is 12.4 Å². The molecule has 1 saturated heterocycles. The first-order valence-corrected chi connectivity index (χ1v) is 6.90. The lowest BCUT2D eigenvalue weighted by molar-refractivity contribution is -0.141. The third-order valence-electron chi connectivity index (χ3n) is 3.40. The van der Waals surface area contributed by atoms with E-state index in [1.165, 1.54) is 6.92 Å². The van der Waals surface area contributed by atoms with Gasteiger partial charge in [0.05, 0.1) is 6.04 Å². The maximum absolute atomic E-state index is 12.8. The molecule has 0 spiro atoms. The van der Waals surface area contributed by atoms with Crippen LogP contribution in [0.5, 0.6) is 0 Å². The van der Waals surface area contributed by atoms with Gasteiger partial charge in [-0.2, -0.15) is 13.2 Å². The maximum Gasteiger partial charge on any atom is 0.433 e. The number of amides is 1. The summed E-state index contributed by atoms with van der Waals surface area (Å²) >= 11 is 0. The van der Waals surface area contributed by atoms with Crippen LogP contribution in [0.3, 0.4) is 0 Å². The zero-order chi connectivity index (χ0) is 16.5. The second kappa shape index (κ2) is 7.31. The van der Waals surface area contributed by atoms with E-state index < -0.39 is 17.9 Å². The summed E-state index contributed by atoms with van der Waals surface area (Å²) < 4.78 is 38.4. The molecule has 0 aliphatic carbocycles. The Morgan fingerprint density at radius 2 is 1.83 bits per heavy atom. The summed E-state index contributed by atoms with van der Waals surface area (Å²) in [7, 11) is 0. The van der Waals surface area contributed by atoms with Gasteiger partial charge in [0.25, 0.3) is 0 Å². The highest BCUT2D eigenvalue weighted by Crippen LogP contribution is 2.29. The maximum atomic E-state index is 12.8. The molecule has 1 fully saturated rings. The number of aromatic nitrogens is 2. The first kappa shape index (κ1) is 19.4. The largest absolute Gasteiger partial charge is 0.433 e. The van der Waals surface area contributed by atoms with Crippen molar-refractivity contribution in [1.29, 1.82) is 0 Å². The number of nitrogens with zero attached hydrogens (tertiary/aromatic N) is 4. The Hall–Kier alpha value is -1.61. The molecule has 2 heterocycles. The normalized spacial score (nSPS) is 16.8. The predicted octanol–water partition coefficient (Wildman–Crippen LogP) is 1.22. The number of nitrogens with two attached hydrogens (primary N) is 1. The van der Waals surface area contributed by atoms with E-state index in [0.29, 0.717) is 26.2 Å². The topological polar surface area (TPSA) is 75.4 Å². The number of aryl methyl sites for hydroxylation is 1. The van der Waals surface area contributed by atoms with Crippen LogP contribution in [-0.4, -0.2) is 53.0 Å². The average molecular weight is 354 g/mol. The molecule has 2 N–H and O–H groups in total. The molecule has 2 rings (SSSR count). The molecule has 1 amide bonds. The van der Waals surface area contributed by atoms with Crippen molar-refractivity contribution in [1.82, 2.24) is 14.9 Å². The second-order valence-corrected chi connectivity index (χ2v) is 5.29. The van der Waals surface area contributed by atoms with E-state index in [-0.39, 0.29) is 30.0 Å². The Balaban J connectivity index is 0.00000264. The van der Waals surface area contributed by atoms with Gasteiger partial charge < -0.3 is 15.5 Å². The molecular weight excluding hydrogens is 335 g/mol. The zero-order valence-corrected chi connectivity index (χ0v) is 13.6. The number of carbonyl (C=O) groups is 1. The number of rotatable bonds is 2. The lowest BCUT2D eigenvalue weighted by Crippen LogP contribution is -2.53. The first-order chi connectivity index (χ1) is 10.2. The summed E-state index contributed by atoms with van der Waals surface area (Å²) in [6, 6.07) is 0.331. The Labute approximate surface area is 138 Å². The van der Waals surface area contributed by atoms with Gasteiger partial charge in [0, 0.05) is 31.9 Å². The smallest absolute Gasteiger partial charge is 0.338 e. The summed E-state index contributed by atoms with van der Waals surface area (Å²) in [6.07, 6.45) is -4.50. The summed E-state index contributed by atoms with van der Waals surface area (Å²) in [5.41, 5.74) is 4.85. The van der Waals surface area contributed by atoms with Crippen molar-refractivity contribution in [2.75, 3.05) is 31.1 Å². The van der Waals surface area contributed by atoms with Crippen LogP contribution in [0.25, 0.3) is 0 Å². The van der Waals surface area contributed by atoms with E-state index in [4.69, 9.17) is 5.73 Å². The Morgan fingerprint density at radius 1 is 1.26 bits per heavy atom. The van der Waals surface area contributed by atoms with E-state index in [1.54, 1.807) is 16.7 Å². The molecule has 0 aromatic carbocycles. The SMILES string of the molecule is Cc1cc(C(F)(F)F)nc(N2CCN(C(=O)[C@@H](C)N)CC2)n1.Cl. The van der Waals surface area contributed by atoms with Crippen molar-refractivity contribution >= 4 is 24.3 Å². The number of halogens is 4. The van der Waals surface area contributed by atoms with Crippen molar-refractivity contribution < 1.29 is 18.0 Å². The molecule has 0 radical (unpaired) electrons. The van der Waals surface area contributed by atoms with Gasteiger partial charge in [-0.25, -0.2) is 9.97 Å². The van der Waals surface area contributed by atoms with Gasteiger partial charge in [-0.1, -0.05) is 0 Å². The molecule has 0 saturated carbocycles. The zero-order valence-electron chi connectivity index (χ0n) is 12.8. The van der Waals surface area contributed by atoms with Gasteiger partial charge in [0.15, 0.2) is 0 Å². The van der Waals surface area contributed by atoms with Crippen LogP contribution in [0, 0.1) is 6.92 Å². The van der Waals surface area contributed by atoms with Crippen LogP contribution in [-0.2, 0) is 11.0 Å². The molecule has 23 heavy (non-hydrogen) atoms. The number of hydrogen-bond donors (Lipinski definition) is 1. The lowest BCUT2D eigenvalue weighted by Gasteiger charge is -2.35. The number of piperazine rings is 1. The molecule has 0 bridgehead atoms. The van der Waals surface area contributed by atoms with Crippen molar-refractivity contribution in [3.8, 4) is 0 Å². The van der Waals surface area contributed by atoms with Crippen LogP contribution < -0.4 is 10.6 Å². The van der Waals surface area contributed by atoms with Crippen molar-refractivity contribution in [3.05, 3.63) is 17.5 Å². The van der Waals surface area contributed by atoms with Gasteiger partial charge in [-0.3, -0.25) is 4.79 Å². The molecule has 130 valence electrons. The molecule has 0 unspecified atom stereocenters. The molecule has 1 atom stereocenters. The van der Waals surface area contributed by atoms with Gasteiger partial charge >= 0.3 is 6.18 Å². The molecule has 10 heteroatoms. The highest BCUT2D eigenvalue weighted by atomic mass is 35.5. The van der Waals surface area contributed by atoms with Crippen molar-refractivity contribution in [2.45, 2.75) is 26.1 Å². The minimum Gasteiger partial charge on any atom is -0.338 e. The van der Waals surface area contributed by atoms with Crippen molar-refractivity contribution in [2.24, 2.45) is 5.73 Å². The van der Waals surface area contributed by atoms with Gasteiger partial charge in [-0.05, 0) is 19.9 Å². The molecule has 1 aromatic rings. The predicted molar refractivity (Wildman–Crippen MR) is 81.5 cm³/mol. The van der Waals surface area contributed by atoms with Gasteiger partial charge in [0.1, 0.15) is 5.69 Å². The summed E-state index contributed by atoms with van der Waals surface area (Å²) in [5.74, 6) is -0.124. The standard InChI is InChI=1S/C13H18F3N5O.ClH/c1-8-7-10(13(14,15)16)19-12(18-8)21-5-3-20(4-6-21)11(22)9(2)17;/h7,9H,3-6,17H2,1-2H3;1H/t9-;/m1./s1. The fourth-order valence-electron chi connectivity index (χ4n) is 2.25. The highest BCUT2D eigenvalue weighted by molar-refractivity contribution is 5.85. The molecule has 1 aliphatic heterocycles. The molecule has 1 aliphatic rings. The van der Waals surface area contributed by atoms with Crippen LogP contribution >= 0.6 is 12.4 Å². The molecule has 1 aromatic heterocycles. The monoisotopic (exact) mass is 353 g/mol. The summed E-state index contributed by atoms with van der Waals surface area (Å²) in [5, 5.41) is 0. The molecule has 6 nitrogen and oxygen atoms in total. The lowest BCUT2D eigenvalue weighted by atomic mass is 10.2. The van der Waals surface area contributed by atoms with E-state index in [0.717, 1.165) is 6.07 Å². The average Bonchev–Trinajstić information content (AvgIpc) is 2.45. The van der Waals surface area contributed by atoms with Crippen LogP contribution in [0.4, 0.5) is 19.1 Å². The Kier molecular flexibility index (Phi) is 6.18. The summed E-state index contributed by atoms with van der Waals surface area (Å²) in [4.78, 5) is 22.7. The molecular formula is C13H19ClF3N5O. The highest BCUT2D eigenvalue weighted by Gasteiger charge is 2.34. The number of carbonyl (C=O) groups excluding carboxylic acids is 1. The summed E-state index contributed by atoms with van der Waals surface area (Å²) in [6.45, 7) is 4.63. The quantitative estimate of drug-likeness (QED) is 0.865. The van der Waals surface area contributed by atoms with E-state index in [9.17, 15) is 18.0 Å². The van der Waals surface area contributed by atoms with E-state index in [2.05, 4.69) is 9.97 Å². The van der Waals surface area contributed by atoms with Crippen LogP contribution in [0.15, 0.2) is 6.07 Å².